The summed E-state index contributed by atoms with van der Waals surface area (Å²) in [5, 5.41) is 0.778. The molecule has 0 aliphatic carbocycles. The van der Waals surface area contributed by atoms with Crippen molar-refractivity contribution in [3.05, 3.63) is 93.1 Å². The van der Waals surface area contributed by atoms with E-state index >= 15 is 0 Å². The monoisotopic (exact) mass is 448 g/mol. The molecular weight excluding hydrogens is 428 g/mol. The predicted octanol–water partition coefficient (Wildman–Crippen LogP) is 6.08. The van der Waals surface area contributed by atoms with Crippen LogP contribution in [-0.2, 0) is 0 Å². The standard InChI is InChI=1S/C26H21ClO5/c1-3-30-18-11-9-17(10-12-18)22(28)15-31-26-24(29)20-13-8-16(2)14-23(20)32-25(26)19-6-4-5-7-21(19)27/h4-14H,3,15H2,1-2H3. The molecule has 0 radical (unpaired) electrons. The molecule has 1 aromatic heterocycles. The van der Waals surface area contributed by atoms with Crippen molar-refractivity contribution in [1.29, 1.82) is 0 Å². The van der Waals surface area contributed by atoms with Gasteiger partial charge in [0.05, 0.1) is 17.0 Å². The van der Waals surface area contributed by atoms with Crippen LogP contribution in [-0.4, -0.2) is 19.0 Å². The third-order valence-corrected chi connectivity index (χ3v) is 5.29. The maximum atomic E-state index is 13.3. The third kappa shape index (κ3) is 4.39. The lowest BCUT2D eigenvalue weighted by atomic mass is 10.1. The molecule has 0 spiro atoms. The number of ether oxygens (including phenoxy) is 2. The van der Waals surface area contributed by atoms with Crippen LogP contribution in [0.3, 0.4) is 0 Å². The van der Waals surface area contributed by atoms with Gasteiger partial charge in [0, 0.05) is 11.1 Å². The average molecular weight is 449 g/mol. The van der Waals surface area contributed by atoms with E-state index in [1.165, 1.54) is 0 Å². The molecule has 5 nitrogen and oxygen atoms in total. The number of carbonyl (C=O) groups excluding carboxylic acids is 1. The Kier molecular flexibility index (Phi) is 6.28. The summed E-state index contributed by atoms with van der Waals surface area (Å²) in [5.41, 5.74) is 1.98. The highest BCUT2D eigenvalue weighted by atomic mass is 35.5. The summed E-state index contributed by atoms with van der Waals surface area (Å²) in [6.45, 7) is 4.01. The Morgan fingerprint density at radius 2 is 1.75 bits per heavy atom. The minimum absolute atomic E-state index is 0.0475. The summed E-state index contributed by atoms with van der Waals surface area (Å²) < 4.78 is 17.2. The van der Waals surface area contributed by atoms with Gasteiger partial charge in [0.1, 0.15) is 11.3 Å². The summed E-state index contributed by atoms with van der Waals surface area (Å²) in [6.07, 6.45) is 0. The van der Waals surface area contributed by atoms with Gasteiger partial charge >= 0.3 is 0 Å². The van der Waals surface area contributed by atoms with Gasteiger partial charge in [0.15, 0.2) is 18.2 Å². The van der Waals surface area contributed by atoms with Crippen molar-refractivity contribution >= 4 is 28.4 Å². The van der Waals surface area contributed by atoms with E-state index in [-0.39, 0.29) is 29.3 Å². The number of hydrogen-bond acceptors (Lipinski definition) is 5. The molecule has 6 heteroatoms. The van der Waals surface area contributed by atoms with Gasteiger partial charge in [-0.15, -0.1) is 0 Å². The molecule has 32 heavy (non-hydrogen) atoms. The van der Waals surface area contributed by atoms with E-state index in [1.807, 2.05) is 19.9 Å². The summed E-state index contributed by atoms with van der Waals surface area (Å²) >= 11 is 6.37. The topological polar surface area (TPSA) is 65.7 Å². The minimum Gasteiger partial charge on any atom is -0.494 e. The van der Waals surface area contributed by atoms with E-state index in [0.29, 0.717) is 39.5 Å². The first-order valence-electron chi connectivity index (χ1n) is 10.2. The second-order valence-corrected chi connectivity index (χ2v) is 7.65. The second-order valence-electron chi connectivity index (χ2n) is 7.24. The number of carbonyl (C=O) groups is 1. The largest absolute Gasteiger partial charge is 0.494 e. The molecule has 0 aliphatic heterocycles. The van der Waals surface area contributed by atoms with Crippen LogP contribution in [0, 0.1) is 6.92 Å². The number of rotatable bonds is 7. The van der Waals surface area contributed by atoms with Crippen LogP contribution >= 0.6 is 11.6 Å². The van der Waals surface area contributed by atoms with E-state index < -0.39 is 0 Å². The molecule has 0 amide bonds. The van der Waals surface area contributed by atoms with Gasteiger partial charge < -0.3 is 13.9 Å². The number of halogens is 1. The van der Waals surface area contributed by atoms with Crippen LogP contribution in [0.1, 0.15) is 22.8 Å². The minimum atomic E-state index is -0.360. The van der Waals surface area contributed by atoms with E-state index in [0.717, 1.165) is 5.56 Å². The molecule has 0 unspecified atom stereocenters. The Labute approximate surface area is 190 Å². The summed E-state index contributed by atoms with van der Waals surface area (Å²) in [6, 6.07) is 19.1. The first-order valence-corrected chi connectivity index (χ1v) is 10.6. The fourth-order valence-electron chi connectivity index (χ4n) is 3.36. The van der Waals surface area contributed by atoms with Crippen molar-refractivity contribution in [2.75, 3.05) is 13.2 Å². The zero-order valence-corrected chi connectivity index (χ0v) is 18.4. The molecule has 1 heterocycles. The van der Waals surface area contributed by atoms with E-state index in [2.05, 4.69) is 0 Å². The van der Waals surface area contributed by atoms with Crippen molar-refractivity contribution in [2.45, 2.75) is 13.8 Å². The number of fused-ring (bicyclic) bond motifs is 1. The van der Waals surface area contributed by atoms with Crippen LogP contribution in [0.5, 0.6) is 11.5 Å². The lowest BCUT2D eigenvalue weighted by molar-refractivity contribution is 0.0920. The van der Waals surface area contributed by atoms with Crippen LogP contribution in [0.15, 0.2) is 75.9 Å². The van der Waals surface area contributed by atoms with Crippen molar-refractivity contribution < 1.29 is 18.7 Å². The molecule has 3 aromatic carbocycles. The highest BCUT2D eigenvalue weighted by Gasteiger charge is 2.21. The normalized spacial score (nSPS) is 10.8. The highest BCUT2D eigenvalue weighted by Crippen LogP contribution is 2.35. The van der Waals surface area contributed by atoms with E-state index in [9.17, 15) is 9.59 Å². The van der Waals surface area contributed by atoms with Crippen LogP contribution in [0.25, 0.3) is 22.3 Å². The summed E-state index contributed by atoms with van der Waals surface area (Å²) in [4.78, 5) is 26.0. The maximum Gasteiger partial charge on any atom is 0.235 e. The molecule has 0 saturated heterocycles. The predicted molar refractivity (Wildman–Crippen MR) is 125 cm³/mol. The van der Waals surface area contributed by atoms with Crippen molar-refractivity contribution in [3.8, 4) is 22.8 Å². The second kappa shape index (κ2) is 9.28. The zero-order valence-electron chi connectivity index (χ0n) is 17.7. The Bertz CT molecular complexity index is 1340. The van der Waals surface area contributed by atoms with Gasteiger partial charge in [0.25, 0.3) is 0 Å². The molecule has 162 valence electrons. The van der Waals surface area contributed by atoms with Crippen LogP contribution in [0.2, 0.25) is 5.02 Å². The summed E-state index contributed by atoms with van der Waals surface area (Å²) in [7, 11) is 0. The van der Waals surface area contributed by atoms with Crippen LogP contribution in [0.4, 0.5) is 0 Å². The Hall–Kier alpha value is -3.57. The quantitative estimate of drug-likeness (QED) is 0.320. The number of benzene rings is 3. The number of ketones is 1. The fraction of sp³-hybridized carbons (Fsp3) is 0.154. The molecule has 0 saturated carbocycles. The van der Waals surface area contributed by atoms with Gasteiger partial charge in [-0.25, -0.2) is 0 Å². The zero-order chi connectivity index (χ0) is 22.7. The Morgan fingerprint density at radius 1 is 1.00 bits per heavy atom. The molecular formula is C26H21ClO5. The summed E-state index contributed by atoms with van der Waals surface area (Å²) in [5.74, 6) is 0.546. The Morgan fingerprint density at radius 3 is 2.47 bits per heavy atom. The molecule has 4 aromatic rings. The van der Waals surface area contributed by atoms with Crippen molar-refractivity contribution in [1.82, 2.24) is 0 Å². The van der Waals surface area contributed by atoms with Crippen molar-refractivity contribution in [2.24, 2.45) is 0 Å². The maximum absolute atomic E-state index is 13.3. The molecule has 0 aliphatic rings. The molecule has 0 N–H and O–H groups in total. The SMILES string of the molecule is CCOc1ccc(C(=O)COc2c(-c3ccccc3Cl)oc3cc(C)ccc3c2=O)cc1. The number of Topliss-reactive ketones (excluding diaryl/α,β-unsaturated/α-hetero) is 1. The molecule has 0 atom stereocenters. The first-order chi connectivity index (χ1) is 15.5. The van der Waals surface area contributed by atoms with Crippen molar-refractivity contribution in [3.63, 3.8) is 0 Å². The van der Waals surface area contributed by atoms with Crippen LogP contribution < -0.4 is 14.9 Å². The third-order valence-electron chi connectivity index (χ3n) is 4.96. The average Bonchev–Trinajstić information content (AvgIpc) is 2.79. The van der Waals surface area contributed by atoms with Gasteiger partial charge in [-0.1, -0.05) is 29.8 Å². The number of aryl methyl sites for hydroxylation is 1. The lowest BCUT2D eigenvalue weighted by Gasteiger charge is -2.13. The number of hydrogen-bond donors (Lipinski definition) is 0. The van der Waals surface area contributed by atoms with Gasteiger partial charge in [-0.05, 0) is 67.9 Å². The smallest absolute Gasteiger partial charge is 0.235 e. The van der Waals surface area contributed by atoms with E-state index in [4.69, 9.17) is 25.5 Å². The van der Waals surface area contributed by atoms with Gasteiger partial charge in [0.2, 0.25) is 11.2 Å². The molecule has 0 bridgehead atoms. The van der Waals surface area contributed by atoms with E-state index in [1.54, 1.807) is 60.7 Å². The fourth-order valence-corrected chi connectivity index (χ4v) is 3.58. The Balaban J connectivity index is 1.72. The van der Waals surface area contributed by atoms with Gasteiger partial charge in [-0.2, -0.15) is 0 Å². The molecule has 4 rings (SSSR count). The van der Waals surface area contributed by atoms with Gasteiger partial charge in [-0.3, -0.25) is 9.59 Å². The molecule has 0 fully saturated rings. The lowest BCUT2D eigenvalue weighted by Crippen LogP contribution is -2.17. The first kappa shape index (κ1) is 21.7. The highest BCUT2D eigenvalue weighted by molar-refractivity contribution is 6.33.